The van der Waals surface area contributed by atoms with E-state index in [0.717, 1.165) is 27.8 Å². The first-order chi connectivity index (χ1) is 7.40. The maximum absolute atomic E-state index is 5.31. The van der Waals surface area contributed by atoms with Crippen molar-refractivity contribution in [2.75, 3.05) is 7.11 Å². The molecule has 0 aliphatic rings. The van der Waals surface area contributed by atoms with Crippen molar-refractivity contribution in [1.29, 1.82) is 0 Å². The number of benzene rings is 1. The molecule has 0 radical (unpaired) electrons. The van der Waals surface area contributed by atoms with E-state index in [-0.39, 0.29) is 0 Å². The molecule has 0 amide bonds. The molecule has 3 rings (SSSR count). The Labute approximate surface area is 85.9 Å². The molecule has 0 bridgehead atoms. The molecule has 15 heavy (non-hydrogen) atoms. The van der Waals surface area contributed by atoms with E-state index in [0.29, 0.717) is 0 Å². The molecule has 1 aromatic carbocycles. The molecule has 74 valence electrons. The van der Waals surface area contributed by atoms with Crippen molar-refractivity contribution < 1.29 is 4.74 Å². The molecule has 0 saturated heterocycles. The number of fused-ring (bicyclic) bond motifs is 3. The lowest BCUT2D eigenvalue weighted by molar-refractivity contribution is 0.420. The molecule has 1 N–H and O–H groups in total. The van der Waals surface area contributed by atoms with Crippen molar-refractivity contribution in [3.05, 3.63) is 30.6 Å². The van der Waals surface area contributed by atoms with Crippen molar-refractivity contribution in [2.45, 2.75) is 0 Å². The standard InChI is InChI=1S/C11H9N3O/c1-15-8-4-2-3-7-9(8)10-11(14-7)13-6-5-12-10/h2-6H,1H3,(H,13,14). The van der Waals surface area contributed by atoms with Crippen LogP contribution in [0, 0.1) is 0 Å². The zero-order chi connectivity index (χ0) is 10.3. The topological polar surface area (TPSA) is 50.8 Å². The molecular formula is C11H9N3O. The number of hydrogen-bond donors (Lipinski definition) is 1. The highest BCUT2D eigenvalue weighted by Gasteiger charge is 2.09. The average Bonchev–Trinajstić information content (AvgIpc) is 2.67. The smallest absolute Gasteiger partial charge is 0.157 e. The van der Waals surface area contributed by atoms with Crippen LogP contribution < -0.4 is 4.74 Å². The highest BCUT2D eigenvalue weighted by Crippen LogP contribution is 2.30. The van der Waals surface area contributed by atoms with Crippen LogP contribution in [0.25, 0.3) is 22.1 Å². The summed E-state index contributed by atoms with van der Waals surface area (Å²) < 4.78 is 5.31. The van der Waals surface area contributed by atoms with Gasteiger partial charge in [0.1, 0.15) is 11.3 Å². The third-order valence-electron chi connectivity index (χ3n) is 2.43. The van der Waals surface area contributed by atoms with Gasteiger partial charge < -0.3 is 9.72 Å². The van der Waals surface area contributed by atoms with Crippen molar-refractivity contribution in [3.63, 3.8) is 0 Å². The fourth-order valence-corrected chi connectivity index (χ4v) is 1.79. The van der Waals surface area contributed by atoms with Gasteiger partial charge in [-0.1, -0.05) is 6.07 Å². The van der Waals surface area contributed by atoms with Gasteiger partial charge in [0.05, 0.1) is 18.0 Å². The Kier molecular flexibility index (Phi) is 1.62. The summed E-state index contributed by atoms with van der Waals surface area (Å²) in [5, 5.41) is 0.989. The number of H-pyrrole nitrogens is 1. The monoisotopic (exact) mass is 199 g/mol. The summed E-state index contributed by atoms with van der Waals surface area (Å²) in [7, 11) is 1.66. The number of methoxy groups -OCH3 is 1. The summed E-state index contributed by atoms with van der Waals surface area (Å²) in [5.74, 6) is 0.819. The van der Waals surface area contributed by atoms with Gasteiger partial charge in [-0.05, 0) is 12.1 Å². The van der Waals surface area contributed by atoms with Crippen LogP contribution in [-0.4, -0.2) is 22.1 Å². The highest BCUT2D eigenvalue weighted by molar-refractivity contribution is 6.06. The molecule has 0 atom stereocenters. The van der Waals surface area contributed by atoms with Crippen molar-refractivity contribution in [2.24, 2.45) is 0 Å². The van der Waals surface area contributed by atoms with Crippen LogP contribution in [0.1, 0.15) is 0 Å². The first kappa shape index (κ1) is 8.23. The lowest BCUT2D eigenvalue weighted by atomic mass is 10.2. The van der Waals surface area contributed by atoms with E-state index in [4.69, 9.17) is 4.74 Å². The van der Waals surface area contributed by atoms with E-state index in [2.05, 4.69) is 15.0 Å². The number of hydrogen-bond acceptors (Lipinski definition) is 3. The van der Waals surface area contributed by atoms with Gasteiger partial charge in [-0.3, -0.25) is 4.98 Å². The van der Waals surface area contributed by atoms with Crippen molar-refractivity contribution >= 4 is 22.1 Å². The molecule has 0 aliphatic heterocycles. The predicted molar refractivity (Wildman–Crippen MR) is 57.9 cm³/mol. The Morgan fingerprint density at radius 1 is 1.20 bits per heavy atom. The molecule has 4 nitrogen and oxygen atoms in total. The number of aromatic nitrogens is 3. The maximum Gasteiger partial charge on any atom is 0.157 e. The zero-order valence-electron chi connectivity index (χ0n) is 8.19. The van der Waals surface area contributed by atoms with Crippen molar-refractivity contribution in [1.82, 2.24) is 15.0 Å². The van der Waals surface area contributed by atoms with Crippen molar-refractivity contribution in [3.8, 4) is 5.75 Å². The summed E-state index contributed by atoms with van der Waals surface area (Å²) in [6.07, 6.45) is 3.35. The second-order valence-electron chi connectivity index (χ2n) is 3.26. The molecule has 3 aromatic rings. The molecule has 0 saturated carbocycles. The summed E-state index contributed by atoms with van der Waals surface area (Å²) in [6.45, 7) is 0. The minimum absolute atomic E-state index is 0.789. The Bertz CT molecular complexity index is 630. The molecular weight excluding hydrogens is 190 g/mol. The second-order valence-corrected chi connectivity index (χ2v) is 3.26. The van der Waals surface area contributed by atoms with E-state index in [1.165, 1.54) is 0 Å². The van der Waals surface area contributed by atoms with Crippen LogP contribution in [-0.2, 0) is 0 Å². The minimum Gasteiger partial charge on any atom is -0.496 e. The first-order valence-corrected chi connectivity index (χ1v) is 4.65. The van der Waals surface area contributed by atoms with Crippen LogP contribution in [0.5, 0.6) is 5.75 Å². The fourth-order valence-electron chi connectivity index (χ4n) is 1.79. The number of rotatable bonds is 1. The Balaban J connectivity index is 2.56. The molecule has 4 heteroatoms. The number of ether oxygens (including phenoxy) is 1. The van der Waals surface area contributed by atoms with Gasteiger partial charge in [-0.15, -0.1) is 0 Å². The normalized spacial score (nSPS) is 11.0. The molecule has 0 fully saturated rings. The van der Waals surface area contributed by atoms with Crippen LogP contribution in [0.4, 0.5) is 0 Å². The van der Waals surface area contributed by atoms with Crippen LogP contribution in [0.2, 0.25) is 0 Å². The van der Waals surface area contributed by atoms with Gasteiger partial charge in [-0.25, -0.2) is 4.98 Å². The molecule has 2 aromatic heterocycles. The molecule has 2 heterocycles. The SMILES string of the molecule is COc1cccc2[nH]c3nccnc3c12. The fraction of sp³-hybridized carbons (Fsp3) is 0.0909. The lowest BCUT2D eigenvalue weighted by Crippen LogP contribution is -1.83. The molecule has 0 spiro atoms. The van der Waals surface area contributed by atoms with Crippen LogP contribution in [0.15, 0.2) is 30.6 Å². The zero-order valence-corrected chi connectivity index (χ0v) is 8.19. The number of aromatic amines is 1. The van der Waals surface area contributed by atoms with E-state index in [9.17, 15) is 0 Å². The molecule has 0 aliphatic carbocycles. The number of nitrogens with one attached hydrogen (secondary N) is 1. The minimum atomic E-state index is 0.789. The maximum atomic E-state index is 5.31. The summed E-state index contributed by atoms with van der Waals surface area (Å²) in [5.41, 5.74) is 2.64. The average molecular weight is 199 g/mol. The van der Waals surface area contributed by atoms with Gasteiger partial charge in [0.25, 0.3) is 0 Å². The molecule has 0 unspecified atom stereocenters. The van der Waals surface area contributed by atoms with Gasteiger partial charge in [0.2, 0.25) is 0 Å². The lowest BCUT2D eigenvalue weighted by Gasteiger charge is -2.00. The van der Waals surface area contributed by atoms with Crippen LogP contribution in [0.3, 0.4) is 0 Å². The quantitative estimate of drug-likeness (QED) is 0.653. The summed E-state index contributed by atoms with van der Waals surface area (Å²) >= 11 is 0. The van der Waals surface area contributed by atoms with E-state index < -0.39 is 0 Å². The highest BCUT2D eigenvalue weighted by atomic mass is 16.5. The summed E-state index contributed by atoms with van der Waals surface area (Å²) in [6, 6.07) is 5.85. The van der Waals surface area contributed by atoms with Gasteiger partial charge >= 0.3 is 0 Å². The van der Waals surface area contributed by atoms with Gasteiger partial charge in [0.15, 0.2) is 5.65 Å². The second kappa shape index (κ2) is 2.95. The van der Waals surface area contributed by atoms with E-state index >= 15 is 0 Å². The Morgan fingerprint density at radius 3 is 2.93 bits per heavy atom. The number of nitrogens with zero attached hydrogens (tertiary/aromatic N) is 2. The Hall–Kier alpha value is -2.10. The predicted octanol–water partition coefficient (Wildman–Crippen LogP) is 2.12. The van der Waals surface area contributed by atoms with E-state index in [1.807, 2.05) is 18.2 Å². The summed E-state index contributed by atoms with van der Waals surface area (Å²) in [4.78, 5) is 11.7. The largest absolute Gasteiger partial charge is 0.496 e. The third-order valence-corrected chi connectivity index (χ3v) is 2.43. The van der Waals surface area contributed by atoms with Crippen LogP contribution >= 0.6 is 0 Å². The Morgan fingerprint density at radius 2 is 2.07 bits per heavy atom. The van der Waals surface area contributed by atoms with Gasteiger partial charge in [-0.2, -0.15) is 0 Å². The third kappa shape index (κ3) is 1.08. The van der Waals surface area contributed by atoms with Gasteiger partial charge in [0, 0.05) is 12.4 Å². The first-order valence-electron chi connectivity index (χ1n) is 4.65. The van der Waals surface area contributed by atoms with E-state index in [1.54, 1.807) is 19.5 Å².